The van der Waals surface area contributed by atoms with Crippen LogP contribution in [0.25, 0.3) is 0 Å². The van der Waals surface area contributed by atoms with Gasteiger partial charge in [0, 0.05) is 17.5 Å². The molecule has 0 spiro atoms. The van der Waals surface area contributed by atoms with Crippen molar-refractivity contribution in [1.82, 2.24) is 5.32 Å². The van der Waals surface area contributed by atoms with Gasteiger partial charge in [-0.05, 0) is 5.25 Å². The van der Waals surface area contributed by atoms with Crippen LogP contribution in [-0.4, -0.2) is 29.9 Å². The highest BCUT2D eigenvalue weighted by Crippen LogP contribution is 2.21. The minimum atomic E-state index is -1.18. The predicted molar refractivity (Wildman–Crippen MR) is 75.6 cm³/mol. The van der Waals surface area contributed by atoms with Crippen molar-refractivity contribution in [3.63, 3.8) is 0 Å². The first kappa shape index (κ1) is 12.4. The van der Waals surface area contributed by atoms with Crippen LogP contribution < -0.4 is 5.32 Å². The van der Waals surface area contributed by atoms with Crippen LogP contribution in [0.15, 0.2) is 0 Å². The van der Waals surface area contributed by atoms with Gasteiger partial charge in [0.25, 0.3) is 0 Å². The van der Waals surface area contributed by atoms with Crippen LogP contribution in [0.2, 0.25) is 19.6 Å². The smallest absolute Gasteiger partial charge is 0.134 e. The van der Waals surface area contributed by atoms with Gasteiger partial charge in [0.2, 0.25) is 0 Å². The van der Waals surface area contributed by atoms with Crippen LogP contribution in [0.3, 0.4) is 0 Å². The van der Waals surface area contributed by atoms with E-state index < -0.39 is 8.07 Å². The van der Waals surface area contributed by atoms with Gasteiger partial charge >= 0.3 is 0 Å². The Balaban J connectivity index is 2.21. The highest BCUT2D eigenvalue weighted by molar-refractivity contribution is 8.24. The van der Waals surface area contributed by atoms with E-state index in [-0.39, 0.29) is 0 Å². The molecule has 1 heterocycles. The Morgan fingerprint density at radius 2 is 2.36 bits per heavy atom. The van der Waals surface area contributed by atoms with Crippen LogP contribution in [0.1, 0.15) is 0 Å². The largest absolute Gasteiger partial charge is 0.370 e. The maximum atomic E-state index is 5.05. The molecule has 1 aliphatic rings. The fourth-order valence-electron chi connectivity index (χ4n) is 0.849. The van der Waals surface area contributed by atoms with E-state index in [1.54, 1.807) is 23.5 Å². The van der Waals surface area contributed by atoms with E-state index in [9.17, 15) is 0 Å². The van der Waals surface area contributed by atoms with Crippen molar-refractivity contribution < 1.29 is 0 Å². The molecule has 0 amide bonds. The van der Waals surface area contributed by atoms with E-state index in [2.05, 4.69) is 35.8 Å². The summed E-state index contributed by atoms with van der Waals surface area (Å²) in [7, 11) is -1.18. The second kappa shape index (κ2) is 5.45. The summed E-state index contributed by atoms with van der Waals surface area (Å²) in [5, 5.41) is 6.99. The zero-order valence-electron chi connectivity index (χ0n) is 8.72. The van der Waals surface area contributed by atoms with Crippen LogP contribution in [0.4, 0.5) is 0 Å². The maximum absolute atomic E-state index is 5.05. The lowest BCUT2D eigenvalue weighted by atomic mass is 10.5. The molecular formula is C9H15NS3Si. The molecule has 0 aliphatic carbocycles. The first-order chi connectivity index (χ1) is 6.47. The highest BCUT2D eigenvalue weighted by Gasteiger charge is 2.18. The molecule has 1 saturated heterocycles. The van der Waals surface area contributed by atoms with E-state index in [4.69, 9.17) is 12.2 Å². The maximum Gasteiger partial charge on any atom is 0.134 e. The van der Waals surface area contributed by atoms with Gasteiger partial charge in [-0.3, -0.25) is 0 Å². The summed E-state index contributed by atoms with van der Waals surface area (Å²) in [5.74, 6) is 1.08. The molecule has 1 aliphatic heterocycles. The third-order valence-electron chi connectivity index (χ3n) is 1.52. The van der Waals surface area contributed by atoms with E-state index in [1.165, 1.54) is 0 Å². The van der Waals surface area contributed by atoms with Crippen LogP contribution in [0, 0.1) is 10.8 Å². The summed E-state index contributed by atoms with van der Waals surface area (Å²) in [6, 6.07) is 0. The number of hydrogen-bond acceptors (Lipinski definition) is 3. The first-order valence-electron chi connectivity index (χ1n) is 4.56. The molecule has 0 aromatic carbocycles. The number of thioether (sulfide) groups is 2. The molecule has 0 saturated carbocycles. The van der Waals surface area contributed by atoms with Gasteiger partial charge in [0.05, 0.1) is 0 Å². The summed E-state index contributed by atoms with van der Waals surface area (Å²) in [6.45, 7) is 7.80. The molecule has 1 fully saturated rings. The fraction of sp³-hybridized carbons (Fsp3) is 0.667. The summed E-state index contributed by atoms with van der Waals surface area (Å²) in [6.07, 6.45) is 0. The SMILES string of the molecule is C[Si](C)(C)C#CSCC1CNC(=S)S1. The molecule has 1 nitrogen and oxygen atoms in total. The third-order valence-corrected chi connectivity index (χ3v) is 5.06. The van der Waals surface area contributed by atoms with Crippen molar-refractivity contribution in [1.29, 1.82) is 0 Å². The van der Waals surface area contributed by atoms with Crippen molar-refractivity contribution in [3.8, 4) is 10.8 Å². The summed E-state index contributed by atoms with van der Waals surface area (Å²) < 4.78 is 0.939. The molecule has 0 bridgehead atoms. The third kappa shape index (κ3) is 5.30. The van der Waals surface area contributed by atoms with Gasteiger partial charge in [-0.25, -0.2) is 0 Å². The predicted octanol–water partition coefficient (Wildman–Crippen LogP) is 2.55. The van der Waals surface area contributed by atoms with Crippen molar-refractivity contribution in [2.75, 3.05) is 12.3 Å². The van der Waals surface area contributed by atoms with Crippen molar-refractivity contribution in [3.05, 3.63) is 0 Å². The Morgan fingerprint density at radius 3 is 2.86 bits per heavy atom. The van der Waals surface area contributed by atoms with Crippen LogP contribution in [0.5, 0.6) is 0 Å². The Labute approximate surface area is 101 Å². The number of hydrogen-bond donors (Lipinski definition) is 1. The van der Waals surface area contributed by atoms with Crippen LogP contribution >= 0.6 is 35.7 Å². The zero-order chi connectivity index (χ0) is 10.6. The van der Waals surface area contributed by atoms with Gasteiger partial charge in [0.1, 0.15) is 12.4 Å². The van der Waals surface area contributed by atoms with E-state index in [1.807, 2.05) is 0 Å². The summed E-state index contributed by atoms with van der Waals surface area (Å²) in [4.78, 5) is 0. The molecule has 0 aromatic rings. The molecular weight excluding hydrogens is 246 g/mol. The highest BCUT2D eigenvalue weighted by atomic mass is 32.2. The quantitative estimate of drug-likeness (QED) is 0.465. The molecule has 5 heteroatoms. The Hall–Kier alpha value is 0.367. The van der Waals surface area contributed by atoms with Crippen LogP contribution in [-0.2, 0) is 0 Å². The average Bonchev–Trinajstić information content (AvgIpc) is 2.44. The van der Waals surface area contributed by atoms with Gasteiger partial charge in [0.15, 0.2) is 0 Å². The first-order valence-corrected chi connectivity index (χ1v) is 10.3. The van der Waals surface area contributed by atoms with Crippen molar-refractivity contribution in [2.45, 2.75) is 24.9 Å². The molecule has 1 N–H and O–H groups in total. The second-order valence-electron chi connectivity index (χ2n) is 4.20. The Morgan fingerprint density at radius 1 is 1.64 bits per heavy atom. The van der Waals surface area contributed by atoms with Gasteiger partial charge < -0.3 is 5.32 Å². The van der Waals surface area contributed by atoms with Gasteiger partial charge in [-0.15, -0.1) is 5.54 Å². The molecule has 1 rings (SSSR count). The fourth-order valence-corrected chi connectivity index (χ4v) is 4.35. The van der Waals surface area contributed by atoms with Gasteiger partial charge in [-0.2, -0.15) is 0 Å². The minimum absolute atomic E-state index is 0.614. The average molecular weight is 262 g/mol. The Kier molecular flexibility index (Phi) is 4.84. The van der Waals surface area contributed by atoms with Crippen molar-refractivity contribution in [2.24, 2.45) is 0 Å². The molecule has 1 unspecified atom stereocenters. The number of nitrogens with one attached hydrogen (secondary N) is 1. The normalized spacial score (nSPS) is 21.4. The molecule has 0 radical (unpaired) electrons. The lowest BCUT2D eigenvalue weighted by Gasteiger charge is -2.04. The van der Waals surface area contributed by atoms with E-state index in [0.29, 0.717) is 5.25 Å². The molecule has 1 atom stereocenters. The van der Waals surface area contributed by atoms with E-state index >= 15 is 0 Å². The molecule has 0 aromatic heterocycles. The summed E-state index contributed by atoms with van der Waals surface area (Å²) in [5.41, 5.74) is 3.35. The standard InChI is InChI=1S/C9H15NS3Si/c1-14(2,3)5-4-12-7-8-6-10-9(11)13-8/h8H,6-7H2,1-3H3,(H,10,11). The van der Waals surface area contributed by atoms with Crippen molar-refractivity contribution >= 4 is 48.1 Å². The molecule has 78 valence electrons. The zero-order valence-corrected chi connectivity index (χ0v) is 12.2. The monoisotopic (exact) mass is 261 g/mol. The van der Waals surface area contributed by atoms with E-state index in [0.717, 1.165) is 16.6 Å². The molecule has 14 heavy (non-hydrogen) atoms. The minimum Gasteiger partial charge on any atom is -0.370 e. The lowest BCUT2D eigenvalue weighted by Crippen LogP contribution is -2.17. The summed E-state index contributed by atoms with van der Waals surface area (Å²) >= 11 is 8.55. The second-order valence-corrected chi connectivity index (χ2v) is 11.7. The lowest BCUT2D eigenvalue weighted by molar-refractivity contribution is 0.906. The Bertz CT molecular complexity index is 274. The topological polar surface area (TPSA) is 12.0 Å². The number of thiocarbonyl (C=S) groups is 1. The number of rotatable bonds is 2. The van der Waals surface area contributed by atoms with Gasteiger partial charge in [-0.1, -0.05) is 55.4 Å².